The van der Waals surface area contributed by atoms with Crippen LogP contribution >= 0.6 is 0 Å². The minimum Gasteiger partial charge on any atom is -0.478 e. The van der Waals surface area contributed by atoms with Gasteiger partial charge in [-0.1, -0.05) is 26.3 Å². The predicted molar refractivity (Wildman–Crippen MR) is 56.2 cm³/mol. The molecule has 14 heavy (non-hydrogen) atoms. The minimum atomic E-state index is -0.906. The lowest BCUT2D eigenvalue weighted by Gasteiger charge is -2.15. The van der Waals surface area contributed by atoms with Crippen LogP contribution in [0.5, 0.6) is 0 Å². The van der Waals surface area contributed by atoms with E-state index in [9.17, 15) is 4.79 Å². The maximum absolute atomic E-state index is 10.5. The molecule has 1 rings (SSSR count). The summed E-state index contributed by atoms with van der Waals surface area (Å²) < 4.78 is 0. The van der Waals surface area contributed by atoms with Crippen LogP contribution in [0.25, 0.3) is 0 Å². The summed E-state index contributed by atoms with van der Waals surface area (Å²) in [6.45, 7) is 7.07. The van der Waals surface area contributed by atoms with Crippen LogP contribution in [-0.4, -0.2) is 24.2 Å². The van der Waals surface area contributed by atoms with Gasteiger partial charge in [0.25, 0.3) is 0 Å². The first-order valence-corrected chi connectivity index (χ1v) is 5.23. The Morgan fingerprint density at radius 1 is 1.57 bits per heavy atom. The smallest absolute Gasteiger partial charge is 0.332 e. The quantitative estimate of drug-likeness (QED) is 0.659. The maximum atomic E-state index is 10.5. The molecule has 2 N–H and O–H groups in total. The van der Waals surface area contributed by atoms with E-state index in [4.69, 9.17) is 5.11 Å². The zero-order valence-electron chi connectivity index (χ0n) is 8.75. The number of nitrogens with one attached hydrogen (secondary N) is 1. The lowest BCUT2D eigenvalue weighted by Crippen LogP contribution is -2.27. The van der Waals surface area contributed by atoms with Gasteiger partial charge in [0.05, 0.1) is 0 Å². The summed E-state index contributed by atoms with van der Waals surface area (Å²) in [4.78, 5) is 10.5. The molecule has 1 aliphatic carbocycles. The summed E-state index contributed by atoms with van der Waals surface area (Å²) in [5.41, 5.74) is 0.246. The van der Waals surface area contributed by atoms with Gasteiger partial charge in [-0.25, -0.2) is 4.79 Å². The number of hydrogen-bond donors (Lipinski definition) is 2. The van der Waals surface area contributed by atoms with Gasteiger partial charge in [0.1, 0.15) is 0 Å². The zero-order valence-corrected chi connectivity index (χ0v) is 8.75. The predicted octanol–water partition coefficient (Wildman–Crippen LogP) is 1.65. The Morgan fingerprint density at radius 2 is 2.29 bits per heavy atom. The molecule has 0 aromatic carbocycles. The number of hydrogen-bond acceptors (Lipinski definition) is 2. The molecule has 2 atom stereocenters. The minimum absolute atomic E-state index is 0.246. The highest BCUT2D eigenvalue weighted by Crippen LogP contribution is 2.30. The Morgan fingerprint density at radius 3 is 2.79 bits per heavy atom. The topological polar surface area (TPSA) is 49.3 Å². The van der Waals surface area contributed by atoms with Gasteiger partial charge in [-0.15, -0.1) is 0 Å². The van der Waals surface area contributed by atoms with Gasteiger partial charge in [0.15, 0.2) is 0 Å². The lowest BCUT2D eigenvalue weighted by molar-refractivity contribution is -0.132. The fourth-order valence-corrected chi connectivity index (χ4v) is 2.01. The van der Waals surface area contributed by atoms with Gasteiger partial charge < -0.3 is 10.4 Å². The molecule has 0 aromatic rings. The third kappa shape index (κ3) is 3.14. The normalized spacial score (nSPS) is 26.4. The Bertz CT molecular complexity index is 225. The number of carboxylic acids is 1. The lowest BCUT2D eigenvalue weighted by atomic mass is 9.98. The SMILES string of the molecule is C=C(CNCC1CCCC1C)C(=O)O. The van der Waals surface area contributed by atoms with Crippen molar-refractivity contribution in [2.45, 2.75) is 26.2 Å². The molecule has 0 bridgehead atoms. The summed E-state index contributed by atoms with van der Waals surface area (Å²) in [5, 5.41) is 11.7. The van der Waals surface area contributed by atoms with Gasteiger partial charge in [-0.05, 0) is 24.8 Å². The van der Waals surface area contributed by atoms with Crippen molar-refractivity contribution in [1.82, 2.24) is 5.32 Å². The first-order valence-electron chi connectivity index (χ1n) is 5.23. The summed E-state index contributed by atoms with van der Waals surface area (Å²) in [6.07, 6.45) is 3.90. The van der Waals surface area contributed by atoms with Crippen LogP contribution < -0.4 is 5.32 Å². The Hall–Kier alpha value is -0.830. The molecule has 0 aromatic heterocycles. The first-order chi connectivity index (χ1) is 6.61. The van der Waals surface area contributed by atoms with E-state index in [1.165, 1.54) is 19.3 Å². The van der Waals surface area contributed by atoms with Crippen molar-refractivity contribution in [1.29, 1.82) is 0 Å². The summed E-state index contributed by atoms with van der Waals surface area (Å²) in [7, 11) is 0. The average molecular weight is 197 g/mol. The van der Waals surface area contributed by atoms with Crippen LogP contribution in [0, 0.1) is 11.8 Å². The summed E-state index contributed by atoms with van der Waals surface area (Å²) in [6, 6.07) is 0. The van der Waals surface area contributed by atoms with Gasteiger partial charge in [-0.3, -0.25) is 0 Å². The van der Waals surface area contributed by atoms with E-state index in [2.05, 4.69) is 18.8 Å². The van der Waals surface area contributed by atoms with E-state index in [1.54, 1.807) is 0 Å². The molecule has 0 saturated heterocycles. The van der Waals surface area contributed by atoms with Crippen molar-refractivity contribution < 1.29 is 9.90 Å². The van der Waals surface area contributed by atoms with E-state index in [0.29, 0.717) is 6.54 Å². The van der Waals surface area contributed by atoms with Crippen LogP contribution in [0.4, 0.5) is 0 Å². The van der Waals surface area contributed by atoms with Gasteiger partial charge in [0, 0.05) is 12.1 Å². The summed E-state index contributed by atoms with van der Waals surface area (Å²) >= 11 is 0. The Labute approximate surface area is 85.2 Å². The van der Waals surface area contributed by atoms with Crippen LogP contribution in [0.1, 0.15) is 26.2 Å². The Kier molecular flexibility index (Phi) is 4.14. The molecule has 3 nitrogen and oxygen atoms in total. The van der Waals surface area contributed by atoms with Crippen molar-refractivity contribution in [3.8, 4) is 0 Å². The second-order valence-corrected chi connectivity index (χ2v) is 4.21. The van der Waals surface area contributed by atoms with Gasteiger partial charge in [0.2, 0.25) is 0 Å². The molecule has 1 saturated carbocycles. The molecule has 1 aliphatic rings. The van der Waals surface area contributed by atoms with Crippen molar-refractivity contribution in [3.05, 3.63) is 12.2 Å². The molecule has 0 aliphatic heterocycles. The Balaban J connectivity index is 2.15. The van der Waals surface area contributed by atoms with E-state index in [1.807, 2.05) is 0 Å². The second kappa shape index (κ2) is 5.15. The van der Waals surface area contributed by atoms with Crippen LogP contribution in [0.15, 0.2) is 12.2 Å². The zero-order chi connectivity index (χ0) is 10.6. The van der Waals surface area contributed by atoms with E-state index in [0.717, 1.165) is 18.4 Å². The van der Waals surface area contributed by atoms with Crippen molar-refractivity contribution in [3.63, 3.8) is 0 Å². The van der Waals surface area contributed by atoms with Crippen molar-refractivity contribution in [2.24, 2.45) is 11.8 Å². The maximum Gasteiger partial charge on any atom is 0.332 e. The largest absolute Gasteiger partial charge is 0.478 e. The molecule has 0 heterocycles. The molecule has 3 heteroatoms. The molecule has 0 spiro atoms. The highest BCUT2D eigenvalue weighted by atomic mass is 16.4. The third-order valence-electron chi connectivity index (χ3n) is 3.09. The fourth-order valence-electron chi connectivity index (χ4n) is 2.01. The highest BCUT2D eigenvalue weighted by molar-refractivity contribution is 5.86. The molecule has 1 fully saturated rings. The fraction of sp³-hybridized carbons (Fsp3) is 0.727. The second-order valence-electron chi connectivity index (χ2n) is 4.21. The summed E-state index contributed by atoms with van der Waals surface area (Å²) in [5.74, 6) is 0.592. The molecule has 0 amide bonds. The molecular formula is C11H19NO2. The van der Waals surface area contributed by atoms with E-state index in [-0.39, 0.29) is 5.57 Å². The molecule has 0 radical (unpaired) electrons. The molecule has 2 unspecified atom stereocenters. The molecule has 80 valence electrons. The first kappa shape index (κ1) is 11.2. The van der Waals surface area contributed by atoms with Gasteiger partial charge >= 0.3 is 5.97 Å². The van der Waals surface area contributed by atoms with Crippen LogP contribution in [0.3, 0.4) is 0 Å². The third-order valence-corrected chi connectivity index (χ3v) is 3.09. The van der Waals surface area contributed by atoms with Crippen LogP contribution in [0.2, 0.25) is 0 Å². The average Bonchev–Trinajstić information content (AvgIpc) is 2.51. The highest BCUT2D eigenvalue weighted by Gasteiger charge is 2.22. The van der Waals surface area contributed by atoms with Gasteiger partial charge in [-0.2, -0.15) is 0 Å². The number of aliphatic carboxylic acids is 1. The monoisotopic (exact) mass is 197 g/mol. The van der Waals surface area contributed by atoms with E-state index >= 15 is 0 Å². The van der Waals surface area contributed by atoms with Crippen molar-refractivity contribution in [2.75, 3.05) is 13.1 Å². The van der Waals surface area contributed by atoms with Crippen LogP contribution in [-0.2, 0) is 4.79 Å². The van der Waals surface area contributed by atoms with E-state index < -0.39 is 5.97 Å². The van der Waals surface area contributed by atoms with Crippen molar-refractivity contribution >= 4 is 5.97 Å². The number of rotatable bonds is 5. The molecular weight excluding hydrogens is 178 g/mol. The number of carbonyl (C=O) groups is 1. The number of carboxylic acid groups (broad SMARTS) is 1. The standard InChI is InChI=1S/C11H19NO2/c1-8-4-3-5-10(8)7-12-6-9(2)11(13)14/h8,10,12H,2-7H2,1H3,(H,13,14).